The number of hydrogen-bond acceptors (Lipinski definition) is 1. The third kappa shape index (κ3) is 2.98. The molecular formula is C14H23N. The van der Waals surface area contributed by atoms with Gasteiger partial charge in [0.2, 0.25) is 0 Å². The molecule has 1 heteroatoms. The van der Waals surface area contributed by atoms with Crippen molar-refractivity contribution in [2.45, 2.75) is 46.5 Å². The third-order valence-corrected chi connectivity index (χ3v) is 2.56. The molecule has 0 fully saturated rings. The van der Waals surface area contributed by atoms with E-state index in [9.17, 15) is 0 Å². The summed E-state index contributed by atoms with van der Waals surface area (Å²) in [5.74, 6) is 0.674. The highest BCUT2D eigenvalue weighted by molar-refractivity contribution is 5.54. The molecule has 0 saturated heterocycles. The number of anilines is 1. The van der Waals surface area contributed by atoms with Crippen molar-refractivity contribution >= 4 is 5.69 Å². The molecule has 0 heterocycles. The normalized spacial score (nSPS) is 12.1. The molecule has 0 aliphatic carbocycles. The number of nitrogens with two attached hydrogens (primary N) is 1. The molecule has 0 aliphatic heterocycles. The second kappa shape index (κ2) is 4.26. The van der Waals surface area contributed by atoms with E-state index < -0.39 is 0 Å². The van der Waals surface area contributed by atoms with Crippen molar-refractivity contribution in [1.82, 2.24) is 0 Å². The molecule has 0 radical (unpaired) electrons. The summed E-state index contributed by atoms with van der Waals surface area (Å²) >= 11 is 0. The van der Waals surface area contributed by atoms with Gasteiger partial charge < -0.3 is 5.73 Å². The Balaban J connectivity index is 3.21. The van der Waals surface area contributed by atoms with Crippen LogP contribution < -0.4 is 5.73 Å². The molecule has 0 aliphatic rings. The minimum absolute atomic E-state index is 0.134. The van der Waals surface area contributed by atoms with Crippen LogP contribution in [0, 0.1) is 5.92 Å². The van der Waals surface area contributed by atoms with Crippen molar-refractivity contribution in [3.63, 3.8) is 0 Å². The van der Waals surface area contributed by atoms with Crippen molar-refractivity contribution in [3.8, 4) is 0 Å². The van der Waals surface area contributed by atoms with Crippen LogP contribution in [0.3, 0.4) is 0 Å². The second-order valence-electron chi connectivity index (χ2n) is 5.73. The van der Waals surface area contributed by atoms with Gasteiger partial charge in [-0.2, -0.15) is 0 Å². The lowest BCUT2D eigenvalue weighted by Gasteiger charge is -2.25. The maximum atomic E-state index is 6.08. The Morgan fingerprint density at radius 1 is 1.20 bits per heavy atom. The van der Waals surface area contributed by atoms with E-state index in [4.69, 9.17) is 5.73 Å². The molecule has 0 saturated carbocycles. The Kier molecular flexibility index (Phi) is 3.43. The molecule has 1 aromatic rings. The predicted molar refractivity (Wildman–Crippen MR) is 68.1 cm³/mol. The van der Waals surface area contributed by atoms with Crippen LogP contribution in [0.1, 0.15) is 45.7 Å². The molecule has 1 nitrogen and oxygen atoms in total. The minimum atomic E-state index is 0.134. The SMILES string of the molecule is CC(C)Cc1cccc(N)c1C(C)(C)C. The van der Waals surface area contributed by atoms with Crippen LogP contribution in [0.25, 0.3) is 0 Å². The van der Waals surface area contributed by atoms with Gasteiger partial charge in [-0.15, -0.1) is 0 Å². The lowest BCUT2D eigenvalue weighted by atomic mass is 9.80. The van der Waals surface area contributed by atoms with Gasteiger partial charge in [-0.1, -0.05) is 46.8 Å². The Morgan fingerprint density at radius 3 is 2.27 bits per heavy atom. The van der Waals surface area contributed by atoms with Gasteiger partial charge in [-0.3, -0.25) is 0 Å². The molecule has 0 atom stereocenters. The average molecular weight is 205 g/mol. The van der Waals surface area contributed by atoms with Gasteiger partial charge in [0.15, 0.2) is 0 Å². The molecule has 15 heavy (non-hydrogen) atoms. The molecule has 0 amide bonds. The summed E-state index contributed by atoms with van der Waals surface area (Å²) in [6, 6.07) is 6.27. The summed E-state index contributed by atoms with van der Waals surface area (Å²) in [7, 11) is 0. The van der Waals surface area contributed by atoms with Gasteiger partial charge in [0.1, 0.15) is 0 Å². The van der Waals surface area contributed by atoms with Crippen LogP contribution in [0.5, 0.6) is 0 Å². The highest BCUT2D eigenvalue weighted by Crippen LogP contribution is 2.32. The summed E-state index contributed by atoms with van der Waals surface area (Å²) in [5, 5.41) is 0. The number of nitrogen functional groups attached to an aromatic ring is 1. The third-order valence-electron chi connectivity index (χ3n) is 2.56. The van der Waals surface area contributed by atoms with E-state index in [2.05, 4.69) is 46.8 Å². The largest absolute Gasteiger partial charge is 0.398 e. The average Bonchev–Trinajstić information content (AvgIpc) is 1.99. The molecule has 1 aromatic carbocycles. The lowest BCUT2D eigenvalue weighted by Crippen LogP contribution is -2.17. The van der Waals surface area contributed by atoms with Crippen molar-refractivity contribution in [2.24, 2.45) is 5.92 Å². The summed E-state index contributed by atoms with van der Waals surface area (Å²) < 4.78 is 0. The molecule has 2 N–H and O–H groups in total. The minimum Gasteiger partial charge on any atom is -0.398 e. The first-order chi connectivity index (χ1) is 6.82. The summed E-state index contributed by atoms with van der Waals surface area (Å²) in [5.41, 5.74) is 9.87. The topological polar surface area (TPSA) is 26.0 Å². The van der Waals surface area contributed by atoms with E-state index >= 15 is 0 Å². The summed E-state index contributed by atoms with van der Waals surface area (Å²) in [6.07, 6.45) is 1.11. The first-order valence-corrected chi connectivity index (χ1v) is 5.70. The van der Waals surface area contributed by atoms with Crippen molar-refractivity contribution in [3.05, 3.63) is 29.3 Å². The molecular weight excluding hydrogens is 182 g/mol. The maximum absolute atomic E-state index is 6.08. The zero-order chi connectivity index (χ0) is 11.6. The zero-order valence-corrected chi connectivity index (χ0v) is 10.6. The van der Waals surface area contributed by atoms with Crippen LogP contribution in [0.4, 0.5) is 5.69 Å². The molecule has 0 unspecified atom stereocenters. The summed E-state index contributed by atoms with van der Waals surface area (Å²) in [6.45, 7) is 11.2. The van der Waals surface area contributed by atoms with Gasteiger partial charge >= 0.3 is 0 Å². The Bertz CT molecular complexity index is 332. The zero-order valence-electron chi connectivity index (χ0n) is 10.6. The second-order valence-corrected chi connectivity index (χ2v) is 5.73. The molecule has 0 spiro atoms. The van der Waals surface area contributed by atoms with E-state index in [0.29, 0.717) is 5.92 Å². The molecule has 0 bridgehead atoms. The molecule has 0 aromatic heterocycles. The first-order valence-electron chi connectivity index (χ1n) is 5.70. The quantitative estimate of drug-likeness (QED) is 0.731. The van der Waals surface area contributed by atoms with Crippen LogP contribution in [0.2, 0.25) is 0 Å². The maximum Gasteiger partial charge on any atom is 0.0354 e. The van der Waals surface area contributed by atoms with Gasteiger partial charge in [0.05, 0.1) is 0 Å². The molecule has 1 rings (SSSR count). The van der Waals surface area contributed by atoms with E-state index in [1.165, 1.54) is 11.1 Å². The Morgan fingerprint density at radius 2 is 1.80 bits per heavy atom. The molecule has 84 valence electrons. The number of hydrogen-bond donors (Lipinski definition) is 1. The van der Waals surface area contributed by atoms with E-state index in [1.807, 2.05) is 6.07 Å². The van der Waals surface area contributed by atoms with Gasteiger partial charge in [-0.25, -0.2) is 0 Å². The smallest absolute Gasteiger partial charge is 0.0354 e. The van der Waals surface area contributed by atoms with E-state index in [0.717, 1.165) is 12.1 Å². The standard InChI is InChI=1S/C14H23N/c1-10(2)9-11-7-6-8-12(15)13(11)14(3,4)5/h6-8,10H,9,15H2,1-5H3. The Hall–Kier alpha value is -0.980. The number of benzene rings is 1. The van der Waals surface area contributed by atoms with Crippen LogP contribution in [-0.2, 0) is 11.8 Å². The van der Waals surface area contributed by atoms with E-state index in [1.54, 1.807) is 0 Å². The number of rotatable bonds is 2. The van der Waals surface area contributed by atoms with Crippen LogP contribution in [0.15, 0.2) is 18.2 Å². The van der Waals surface area contributed by atoms with Gasteiger partial charge in [-0.05, 0) is 34.9 Å². The lowest BCUT2D eigenvalue weighted by molar-refractivity contribution is 0.569. The highest BCUT2D eigenvalue weighted by Gasteiger charge is 2.20. The van der Waals surface area contributed by atoms with Crippen molar-refractivity contribution in [1.29, 1.82) is 0 Å². The fourth-order valence-corrected chi connectivity index (χ4v) is 2.14. The summed E-state index contributed by atoms with van der Waals surface area (Å²) in [4.78, 5) is 0. The van der Waals surface area contributed by atoms with Crippen molar-refractivity contribution < 1.29 is 0 Å². The predicted octanol–water partition coefficient (Wildman–Crippen LogP) is 3.76. The van der Waals surface area contributed by atoms with E-state index in [-0.39, 0.29) is 5.41 Å². The van der Waals surface area contributed by atoms with Crippen molar-refractivity contribution in [2.75, 3.05) is 5.73 Å². The van der Waals surface area contributed by atoms with Gasteiger partial charge in [0.25, 0.3) is 0 Å². The van der Waals surface area contributed by atoms with Crippen LogP contribution in [-0.4, -0.2) is 0 Å². The fourth-order valence-electron chi connectivity index (χ4n) is 2.14. The van der Waals surface area contributed by atoms with Crippen LogP contribution >= 0.6 is 0 Å². The first kappa shape index (κ1) is 12.1. The highest BCUT2D eigenvalue weighted by atomic mass is 14.6. The fraction of sp³-hybridized carbons (Fsp3) is 0.571. The van der Waals surface area contributed by atoms with Gasteiger partial charge in [0, 0.05) is 5.69 Å². The monoisotopic (exact) mass is 205 g/mol. The Labute approximate surface area is 93.7 Å².